The van der Waals surface area contributed by atoms with E-state index in [9.17, 15) is 4.79 Å². The molecule has 86 valence electrons. The summed E-state index contributed by atoms with van der Waals surface area (Å²) in [5, 5.41) is 8.90. The van der Waals surface area contributed by atoms with Gasteiger partial charge in [-0.1, -0.05) is 0 Å². The molecule has 3 heteroatoms. The van der Waals surface area contributed by atoms with Crippen molar-refractivity contribution >= 4 is 5.97 Å². The molecule has 1 aliphatic heterocycles. The number of carboxylic acid groups (broad SMARTS) is 1. The number of carbonyl (C=O) groups is 1. The summed E-state index contributed by atoms with van der Waals surface area (Å²) in [5.41, 5.74) is 0. The van der Waals surface area contributed by atoms with Gasteiger partial charge in [0.05, 0.1) is 5.92 Å². The Hall–Kier alpha value is -0.570. The fraction of sp³-hybridized carbons (Fsp3) is 0.917. The van der Waals surface area contributed by atoms with Gasteiger partial charge in [0.25, 0.3) is 0 Å². The summed E-state index contributed by atoms with van der Waals surface area (Å²) in [6.07, 6.45) is 5.34. The largest absolute Gasteiger partial charge is 0.481 e. The molecular formula is C12H21NO2. The molecule has 0 amide bonds. The Morgan fingerprint density at radius 3 is 2.33 bits per heavy atom. The third kappa shape index (κ3) is 2.51. The third-order valence-corrected chi connectivity index (χ3v) is 4.15. The predicted molar refractivity (Wildman–Crippen MR) is 58.7 cm³/mol. The molecule has 2 rings (SSSR count). The van der Waals surface area contributed by atoms with Gasteiger partial charge in [-0.3, -0.25) is 4.79 Å². The molecule has 2 aliphatic rings. The van der Waals surface area contributed by atoms with Crippen molar-refractivity contribution in [3.05, 3.63) is 0 Å². The lowest BCUT2D eigenvalue weighted by Crippen LogP contribution is -2.48. The standard InChI is InChI=1S/C12H21NO2/c1-9-6-7-13(9)8-10-2-4-11(5-3-10)12(14)15/h9-11H,2-8H2,1H3,(H,14,15). The Bertz CT molecular complexity index is 234. The Morgan fingerprint density at radius 2 is 1.93 bits per heavy atom. The number of rotatable bonds is 3. The van der Waals surface area contributed by atoms with E-state index in [4.69, 9.17) is 5.11 Å². The highest BCUT2D eigenvalue weighted by atomic mass is 16.4. The number of aliphatic carboxylic acids is 1. The lowest BCUT2D eigenvalue weighted by Gasteiger charge is -2.42. The molecule has 1 unspecified atom stereocenters. The molecule has 0 aromatic carbocycles. The fourth-order valence-electron chi connectivity index (χ4n) is 2.76. The van der Waals surface area contributed by atoms with E-state index in [1.807, 2.05) is 0 Å². The summed E-state index contributed by atoms with van der Waals surface area (Å²) in [5.74, 6) is 0.101. The quantitative estimate of drug-likeness (QED) is 0.776. The van der Waals surface area contributed by atoms with Crippen molar-refractivity contribution in [3.8, 4) is 0 Å². The molecule has 0 spiro atoms. The predicted octanol–water partition coefficient (Wildman–Crippen LogP) is 1.97. The van der Waals surface area contributed by atoms with Crippen molar-refractivity contribution in [1.29, 1.82) is 0 Å². The highest BCUT2D eigenvalue weighted by molar-refractivity contribution is 5.69. The Kier molecular flexibility index (Phi) is 3.29. The van der Waals surface area contributed by atoms with Crippen molar-refractivity contribution in [2.24, 2.45) is 11.8 Å². The second-order valence-corrected chi connectivity index (χ2v) is 5.19. The zero-order valence-corrected chi connectivity index (χ0v) is 9.48. The van der Waals surface area contributed by atoms with E-state index in [0.717, 1.165) is 37.6 Å². The van der Waals surface area contributed by atoms with Crippen LogP contribution in [0.15, 0.2) is 0 Å². The Morgan fingerprint density at radius 1 is 1.27 bits per heavy atom. The summed E-state index contributed by atoms with van der Waals surface area (Å²) >= 11 is 0. The van der Waals surface area contributed by atoms with Gasteiger partial charge >= 0.3 is 5.97 Å². The summed E-state index contributed by atoms with van der Waals surface area (Å²) in [4.78, 5) is 13.3. The van der Waals surface area contributed by atoms with Crippen molar-refractivity contribution in [3.63, 3.8) is 0 Å². The van der Waals surface area contributed by atoms with Crippen LogP contribution in [0.2, 0.25) is 0 Å². The molecule has 15 heavy (non-hydrogen) atoms. The zero-order valence-electron chi connectivity index (χ0n) is 9.48. The first-order chi connectivity index (χ1) is 7.16. The number of carboxylic acids is 1. The average molecular weight is 211 g/mol. The molecule has 1 atom stereocenters. The normalized spacial score (nSPS) is 37.3. The van der Waals surface area contributed by atoms with E-state index in [2.05, 4.69) is 11.8 Å². The van der Waals surface area contributed by atoms with Crippen LogP contribution >= 0.6 is 0 Å². The number of likely N-dealkylation sites (tertiary alicyclic amines) is 1. The molecular weight excluding hydrogens is 190 g/mol. The van der Waals surface area contributed by atoms with Crippen LogP contribution in [-0.2, 0) is 4.79 Å². The molecule has 0 aromatic rings. The van der Waals surface area contributed by atoms with E-state index in [0.29, 0.717) is 0 Å². The average Bonchev–Trinajstić information content (AvgIpc) is 2.24. The maximum Gasteiger partial charge on any atom is 0.306 e. The third-order valence-electron chi connectivity index (χ3n) is 4.15. The molecule has 1 heterocycles. The van der Waals surface area contributed by atoms with Crippen molar-refractivity contribution < 1.29 is 9.90 Å². The van der Waals surface area contributed by atoms with Gasteiger partial charge in [0, 0.05) is 12.6 Å². The van der Waals surface area contributed by atoms with E-state index >= 15 is 0 Å². The van der Waals surface area contributed by atoms with Crippen LogP contribution in [0.3, 0.4) is 0 Å². The molecule has 1 saturated heterocycles. The van der Waals surface area contributed by atoms with Gasteiger partial charge in [-0.15, -0.1) is 0 Å². The summed E-state index contributed by atoms with van der Waals surface area (Å²) in [6.45, 7) is 4.74. The fourth-order valence-corrected chi connectivity index (χ4v) is 2.76. The van der Waals surface area contributed by atoms with E-state index in [1.54, 1.807) is 0 Å². The van der Waals surface area contributed by atoms with E-state index < -0.39 is 5.97 Å². The number of nitrogens with zero attached hydrogens (tertiary/aromatic N) is 1. The van der Waals surface area contributed by atoms with Gasteiger partial charge in [-0.2, -0.15) is 0 Å². The second kappa shape index (κ2) is 4.52. The maximum atomic E-state index is 10.8. The zero-order chi connectivity index (χ0) is 10.8. The smallest absolute Gasteiger partial charge is 0.306 e. The van der Waals surface area contributed by atoms with Gasteiger partial charge in [0.1, 0.15) is 0 Å². The summed E-state index contributed by atoms with van der Waals surface area (Å²) in [6, 6.07) is 0.766. The van der Waals surface area contributed by atoms with Crippen molar-refractivity contribution in [2.75, 3.05) is 13.1 Å². The molecule has 0 radical (unpaired) electrons. The van der Waals surface area contributed by atoms with Gasteiger partial charge in [0.2, 0.25) is 0 Å². The van der Waals surface area contributed by atoms with Gasteiger partial charge < -0.3 is 10.0 Å². The van der Waals surface area contributed by atoms with Crippen molar-refractivity contribution in [1.82, 2.24) is 4.90 Å². The first-order valence-electron chi connectivity index (χ1n) is 6.13. The maximum absolute atomic E-state index is 10.8. The number of hydrogen-bond donors (Lipinski definition) is 1. The minimum Gasteiger partial charge on any atom is -0.481 e. The lowest BCUT2D eigenvalue weighted by atomic mass is 9.81. The van der Waals surface area contributed by atoms with Gasteiger partial charge in [-0.05, 0) is 51.5 Å². The van der Waals surface area contributed by atoms with Gasteiger partial charge in [0.15, 0.2) is 0 Å². The number of hydrogen-bond acceptors (Lipinski definition) is 2. The van der Waals surface area contributed by atoms with Crippen LogP contribution in [-0.4, -0.2) is 35.1 Å². The highest BCUT2D eigenvalue weighted by Gasteiger charge is 2.30. The second-order valence-electron chi connectivity index (χ2n) is 5.19. The van der Waals surface area contributed by atoms with Crippen molar-refractivity contribution in [2.45, 2.75) is 45.1 Å². The minimum absolute atomic E-state index is 0.0601. The Balaban J connectivity index is 1.71. The van der Waals surface area contributed by atoms with Crippen LogP contribution in [0.1, 0.15) is 39.0 Å². The first-order valence-corrected chi connectivity index (χ1v) is 6.13. The Labute approximate surface area is 91.5 Å². The van der Waals surface area contributed by atoms with Crippen LogP contribution in [0.5, 0.6) is 0 Å². The molecule has 3 nitrogen and oxygen atoms in total. The van der Waals surface area contributed by atoms with E-state index in [-0.39, 0.29) is 5.92 Å². The minimum atomic E-state index is -0.592. The first kappa shape index (κ1) is 10.9. The van der Waals surface area contributed by atoms with Crippen LogP contribution < -0.4 is 0 Å². The van der Waals surface area contributed by atoms with Crippen LogP contribution in [0.4, 0.5) is 0 Å². The molecule has 0 aromatic heterocycles. The topological polar surface area (TPSA) is 40.5 Å². The SMILES string of the molecule is CC1CCN1CC1CCC(C(=O)O)CC1. The summed E-state index contributed by atoms with van der Waals surface area (Å²) in [7, 11) is 0. The lowest BCUT2D eigenvalue weighted by molar-refractivity contribution is -0.143. The molecule has 0 bridgehead atoms. The molecule has 1 saturated carbocycles. The molecule has 1 N–H and O–H groups in total. The van der Waals surface area contributed by atoms with Crippen LogP contribution in [0, 0.1) is 11.8 Å². The molecule has 1 aliphatic carbocycles. The molecule has 2 fully saturated rings. The van der Waals surface area contributed by atoms with Crippen LogP contribution in [0.25, 0.3) is 0 Å². The van der Waals surface area contributed by atoms with E-state index in [1.165, 1.54) is 19.5 Å². The highest BCUT2D eigenvalue weighted by Crippen LogP contribution is 2.31. The summed E-state index contributed by atoms with van der Waals surface area (Å²) < 4.78 is 0. The van der Waals surface area contributed by atoms with Gasteiger partial charge in [-0.25, -0.2) is 0 Å². The monoisotopic (exact) mass is 211 g/mol.